The number of hydrogen-bond donors (Lipinski definition) is 2. The molecular formula is C15H15BrCl2N2. The molecule has 0 bridgehead atoms. The summed E-state index contributed by atoms with van der Waals surface area (Å²) in [6.07, 6.45) is 0. The zero-order valence-corrected chi connectivity index (χ0v) is 14.1. The van der Waals surface area contributed by atoms with Crippen LogP contribution in [0, 0.1) is 6.92 Å². The van der Waals surface area contributed by atoms with Gasteiger partial charge in [0.2, 0.25) is 0 Å². The zero-order valence-electron chi connectivity index (χ0n) is 11.0. The van der Waals surface area contributed by atoms with Crippen LogP contribution in [-0.4, -0.2) is 6.54 Å². The van der Waals surface area contributed by atoms with Crippen LogP contribution in [0.2, 0.25) is 10.0 Å². The van der Waals surface area contributed by atoms with Crippen molar-refractivity contribution in [2.24, 2.45) is 5.73 Å². The van der Waals surface area contributed by atoms with Gasteiger partial charge in [-0.1, -0.05) is 29.3 Å². The third-order valence-electron chi connectivity index (χ3n) is 2.97. The molecule has 0 radical (unpaired) electrons. The van der Waals surface area contributed by atoms with Gasteiger partial charge in [-0.15, -0.1) is 0 Å². The van der Waals surface area contributed by atoms with Gasteiger partial charge in [0.05, 0.1) is 6.04 Å². The molecule has 0 aliphatic rings. The smallest absolute Gasteiger partial charge is 0.0637 e. The SMILES string of the molecule is Cc1ccc(Br)c(NC(CN)c2cc(Cl)cc(Cl)c2)c1. The highest BCUT2D eigenvalue weighted by Gasteiger charge is 2.12. The van der Waals surface area contributed by atoms with Crippen molar-refractivity contribution in [2.75, 3.05) is 11.9 Å². The van der Waals surface area contributed by atoms with E-state index in [0.717, 1.165) is 15.7 Å². The molecule has 3 N–H and O–H groups in total. The highest BCUT2D eigenvalue weighted by molar-refractivity contribution is 9.10. The molecular weight excluding hydrogens is 359 g/mol. The predicted octanol–water partition coefficient (Wildman–Crippen LogP) is 5.18. The molecule has 2 aromatic carbocycles. The van der Waals surface area contributed by atoms with E-state index in [9.17, 15) is 0 Å². The summed E-state index contributed by atoms with van der Waals surface area (Å²) >= 11 is 15.6. The van der Waals surface area contributed by atoms with E-state index in [1.807, 2.05) is 31.2 Å². The van der Waals surface area contributed by atoms with E-state index < -0.39 is 0 Å². The maximum atomic E-state index is 6.05. The first-order chi connectivity index (χ1) is 9.49. The highest BCUT2D eigenvalue weighted by Crippen LogP contribution is 2.29. The van der Waals surface area contributed by atoms with Gasteiger partial charge in [0.25, 0.3) is 0 Å². The largest absolute Gasteiger partial charge is 0.376 e. The molecule has 1 atom stereocenters. The molecule has 2 rings (SSSR count). The van der Waals surface area contributed by atoms with Crippen molar-refractivity contribution in [2.45, 2.75) is 13.0 Å². The number of rotatable bonds is 4. The van der Waals surface area contributed by atoms with E-state index in [1.54, 1.807) is 6.07 Å². The lowest BCUT2D eigenvalue weighted by atomic mass is 10.1. The van der Waals surface area contributed by atoms with Crippen molar-refractivity contribution in [3.63, 3.8) is 0 Å². The molecule has 0 aromatic heterocycles. The van der Waals surface area contributed by atoms with Gasteiger partial charge in [-0.3, -0.25) is 0 Å². The van der Waals surface area contributed by atoms with E-state index >= 15 is 0 Å². The van der Waals surface area contributed by atoms with Crippen LogP contribution in [0.4, 0.5) is 5.69 Å². The van der Waals surface area contributed by atoms with E-state index in [0.29, 0.717) is 16.6 Å². The molecule has 2 nitrogen and oxygen atoms in total. The van der Waals surface area contributed by atoms with Gasteiger partial charge in [0, 0.05) is 26.8 Å². The quantitative estimate of drug-likeness (QED) is 0.775. The Hall–Kier alpha value is -0.740. The van der Waals surface area contributed by atoms with Crippen molar-refractivity contribution in [3.8, 4) is 0 Å². The lowest BCUT2D eigenvalue weighted by Gasteiger charge is -2.20. The maximum Gasteiger partial charge on any atom is 0.0637 e. The first-order valence-electron chi connectivity index (χ1n) is 6.18. The first kappa shape index (κ1) is 15.6. The molecule has 0 aliphatic carbocycles. The van der Waals surface area contributed by atoms with E-state index in [-0.39, 0.29) is 6.04 Å². The van der Waals surface area contributed by atoms with Gasteiger partial charge in [-0.25, -0.2) is 0 Å². The molecule has 0 fully saturated rings. The minimum atomic E-state index is -0.0516. The second-order valence-electron chi connectivity index (χ2n) is 4.62. The Labute approximate surface area is 137 Å². The minimum absolute atomic E-state index is 0.0516. The summed E-state index contributed by atoms with van der Waals surface area (Å²) in [5.74, 6) is 0. The third kappa shape index (κ3) is 3.89. The number of anilines is 1. The molecule has 1 unspecified atom stereocenters. The van der Waals surface area contributed by atoms with Gasteiger partial charge in [-0.05, 0) is 64.3 Å². The Kier molecular flexibility index (Phi) is 5.33. The van der Waals surface area contributed by atoms with Crippen LogP contribution in [0.15, 0.2) is 40.9 Å². The summed E-state index contributed by atoms with van der Waals surface area (Å²) in [5, 5.41) is 4.63. The number of nitrogens with one attached hydrogen (secondary N) is 1. The van der Waals surface area contributed by atoms with Crippen molar-refractivity contribution < 1.29 is 0 Å². The van der Waals surface area contributed by atoms with Crippen molar-refractivity contribution >= 4 is 44.8 Å². The number of halogens is 3. The predicted molar refractivity (Wildman–Crippen MR) is 90.8 cm³/mol. The standard InChI is InChI=1S/C15H15BrCl2N2/c1-9-2-3-13(16)14(4-9)20-15(8-19)10-5-11(17)7-12(18)6-10/h2-7,15,20H,8,19H2,1H3. The molecule has 0 saturated heterocycles. The summed E-state index contributed by atoms with van der Waals surface area (Å²) in [6.45, 7) is 2.49. The topological polar surface area (TPSA) is 38.0 Å². The van der Waals surface area contributed by atoms with Gasteiger partial charge in [-0.2, -0.15) is 0 Å². The monoisotopic (exact) mass is 372 g/mol. The second kappa shape index (κ2) is 6.81. The Morgan fingerprint density at radius 2 is 1.80 bits per heavy atom. The number of hydrogen-bond acceptors (Lipinski definition) is 2. The van der Waals surface area contributed by atoms with Gasteiger partial charge in [0.1, 0.15) is 0 Å². The third-order valence-corrected chi connectivity index (χ3v) is 4.10. The van der Waals surface area contributed by atoms with Crippen molar-refractivity contribution in [1.82, 2.24) is 0 Å². The van der Waals surface area contributed by atoms with Gasteiger partial charge < -0.3 is 11.1 Å². The summed E-state index contributed by atoms with van der Waals surface area (Å²) < 4.78 is 0.995. The summed E-state index contributed by atoms with van der Waals surface area (Å²) in [4.78, 5) is 0. The van der Waals surface area contributed by atoms with Gasteiger partial charge >= 0.3 is 0 Å². The maximum absolute atomic E-state index is 6.05. The lowest BCUT2D eigenvalue weighted by molar-refractivity contribution is 0.789. The van der Waals surface area contributed by atoms with Crippen LogP contribution in [-0.2, 0) is 0 Å². The Morgan fingerprint density at radius 3 is 2.40 bits per heavy atom. The van der Waals surface area contributed by atoms with Crippen LogP contribution in [0.3, 0.4) is 0 Å². The van der Waals surface area contributed by atoms with Crippen LogP contribution in [0.25, 0.3) is 0 Å². The molecule has 0 heterocycles. The van der Waals surface area contributed by atoms with Crippen LogP contribution >= 0.6 is 39.1 Å². The van der Waals surface area contributed by atoms with Crippen molar-refractivity contribution in [3.05, 3.63) is 62.0 Å². The van der Waals surface area contributed by atoms with E-state index in [1.165, 1.54) is 5.56 Å². The summed E-state index contributed by atoms with van der Waals surface area (Å²) in [6, 6.07) is 11.5. The zero-order chi connectivity index (χ0) is 14.7. The molecule has 0 aliphatic heterocycles. The van der Waals surface area contributed by atoms with Crippen LogP contribution < -0.4 is 11.1 Å². The Morgan fingerprint density at radius 1 is 1.15 bits per heavy atom. The first-order valence-corrected chi connectivity index (χ1v) is 7.73. The van der Waals surface area contributed by atoms with E-state index in [2.05, 4.69) is 27.3 Å². The van der Waals surface area contributed by atoms with Crippen LogP contribution in [0.5, 0.6) is 0 Å². The summed E-state index contributed by atoms with van der Waals surface area (Å²) in [5.41, 5.74) is 9.02. The minimum Gasteiger partial charge on any atom is -0.376 e. The molecule has 20 heavy (non-hydrogen) atoms. The Balaban J connectivity index is 2.30. The average Bonchev–Trinajstić information content (AvgIpc) is 2.38. The number of benzene rings is 2. The second-order valence-corrected chi connectivity index (χ2v) is 6.35. The molecule has 0 amide bonds. The lowest BCUT2D eigenvalue weighted by Crippen LogP contribution is -2.20. The Bertz CT molecular complexity index is 597. The molecule has 106 valence electrons. The van der Waals surface area contributed by atoms with Crippen LogP contribution in [0.1, 0.15) is 17.2 Å². The fourth-order valence-electron chi connectivity index (χ4n) is 1.99. The number of nitrogens with two attached hydrogens (primary N) is 1. The fraction of sp³-hybridized carbons (Fsp3) is 0.200. The highest BCUT2D eigenvalue weighted by atomic mass is 79.9. The van der Waals surface area contributed by atoms with E-state index in [4.69, 9.17) is 28.9 Å². The molecule has 5 heteroatoms. The molecule has 0 spiro atoms. The van der Waals surface area contributed by atoms with Gasteiger partial charge in [0.15, 0.2) is 0 Å². The molecule has 2 aromatic rings. The normalized spacial score (nSPS) is 12.2. The fourth-order valence-corrected chi connectivity index (χ4v) is 2.90. The average molecular weight is 374 g/mol. The van der Waals surface area contributed by atoms with Crippen molar-refractivity contribution in [1.29, 1.82) is 0 Å². The number of aryl methyl sites for hydroxylation is 1. The summed E-state index contributed by atoms with van der Waals surface area (Å²) in [7, 11) is 0. The molecule has 0 saturated carbocycles.